The largest absolute Gasteiger partial charge is 0.497 e. The number of nitrogens with zero attached hydrogens (tertiary/aromatic N) is 1. The Morgan fingerprint density at radius 3 is 2.83 bits per heavy atom. The molecule has 3 N–H and O–H groups in total. The van der Waals surface area contributed by atoms with Crippen molar-refractivity contribution in [2.24, 2.45) is 0 Å². The molecule has 0 radical (unpaired) electrons. The molecule has 0 atom stereocenters. The lowest BCUT2D eigenvalue weighted by Crippen LogP contribution is -2.43. The van der Waals surface area contributed by atoms with Gasteiger partial charge in [0, 0.05) is 23.3 Å². The molecule has 0 aliphatic rings. The van der Waals surface area contributed by atoms with Crippen LogP contribution in [0.3, 0.4) is 0 Å². The first kappa shape index (κ1) is 14.7. The highest BCUT2D eigenvalue weighted by molar-refractivity contribution is 5.93. The molecule has 23 heavy (non-hydrogen) atoms. The number of fused-ring (bicyclic) bond motifs is 1. The molecule has 0 aliphatic heterocycles. The van der Waals surface area contributed by atoms with Gasteiger partial charge in [-0.3, -0.25) is 20.4 Å². The van der Waals surface area contributed by atoms with Crippen molar-refractivity contribution in [3.63, 3.8) is 0 Å². The van der Waals surface area contributed by atoms with Gasteiger partial charge >= 0.3 is 0 Å². The van der Waals surface area contributed by atoms with Crippen molar-refractivity contribution in [3.8, 4) is 5.75 Å². The summed E-state index contributed by atoms with van der Waals surface area (Å²) < 4.78 is 6.97. The smallest absolute Gasteiger partial charge is 0.286 e. The monoisotopic (exact) mass is 312 g/mol. The molecule has 7 heteroatoms. The minimum absolute atomic E-state index is 0.0981. The van der Waals surface area contributed by atoms with Crippen LogP contribution in [-0.2, 0) is 11.3 Å². The third kappa shape index (κ3) is 3.18. The van der Waals surface area contributed by atoms with Crippen LogP contribution in [0.5, 0.6) is 5.75 Å². The molecule has 2 heterocycles. The van der Waals surface area contributed by atoms with Crippen molar-refractivity contribution >= 4 is 22.7 Å². The fraction of sp³-hybridized carbons (Fsp3) is 0.125. The highest BCUT2D eigenvalue weighted by atomic mass is 16.5. The fourth-order valence-electron chi connectivity index (χ4n) is 2.30. The van der Waals surface area contributed by atoms with Crippen LogP contribution in [0.1, 0.15) is 10.5 Å². The van der Waals surface area contributed by atoms with Gasteiger partial charge in [-0.1, -0.05) is 0 Å². The van der Waals surface area contributed by atoms with E-state index in [2.05, 4.69) is 15.8 Å². The second kappa shape index (κ2) is 6.27. The molecule has 2 amide bonds. The Kier molecular flexibility index (Phi) is 4.01. The van der Waals surface area contributed by atoms with E-state index in [1.807, 2.05) is 30.5 Å². The molecule has 118 valence electrons. The predicted molar refractivity (Wildman–Crippen MR) is 84.9 cm³/mol. The van der Waals surface area contributed by atoms with Crippen molar-refractivity contribution in [1.29, 1.82) is 0 Å². The van der Waals surface area contributed by atoms with Gasteiger partial charge in [0.25, 0.3) is 11.8 Å². The fourth-order valence-corrected chi connectivity index (χ4v) is 2.30. The molecule has 0 aliphatic carbocycles. The number of benzene rings is 1. The van der Waals surface area contributed by atoms with Crippen LogP contribution in [0.15, 0.2) is 48.8 Å². The van der Waals surface area contributed by atoms with Gasteiger partial charge in [0.15, 0.2) is 0 Å². The summed E-state index contributed by atoms with van der Waals surface area (Å²) in [4.78, 5) is 26.4. The van der Waals surface area contributed by atoms with E-state index in [1.54, 1.807) is 30.0 Å². The molecule has 7 nitrogen and oxygen atoms in total. The third-order valence-electron chi connectivity index (χ3n) is 3.45. The maximum atomic E-state index is 12.0. The summed E-state index contributed by atoms with van der Waals surface area (Å²) in [5, 5.41) is 0.979. The predicted octanol–water partition coefficient (Wildman–Crippen LogP) is 1.44. The Morgan fingerprint density at radius 1 is 1.22 bits per heavy atom. The number of aromatic nitrogens is 2. The van der Waals surface area contributed by atoms with Crippen LogP contribution >= 0.6 is 0 Å². The van der Waals surface area contributed by atoms with Gasteiger partial charge in [-0.2, -0.15) is 0 Å². The molecule has 2 aromatic heterocycles. The first-order chi connectivity index (χ1) is 11.2. The number of hydrazine groups is 1. The zero-order valence-corrected chi connectivity index (χ0v) is 12.5. The summed E-state index contributed by atoms with van der Waals surface area (Å²) in [6.07, 6.45) is 3.45. The second-order valence-corrected chi connectivity index (χ2v) is 4.95. The Labute approximate surface area is 132 Å². The van der Waals surface area contributed by atoms with Gasteiger partial charge in [-0.25, -0.2) is 0 Å². The average Bonchev–Trinajstić information content (AvgIpc) is 3.22. The normalized spacial score (nSPS) is 10.5. The van der Waals surface area contributed by atoms with Crippen molar-refractivity contribution in [2.75, 3.05) is 7.11 Å². The number of carbonyl (C=O) groups is 2. The van der Waals surface area contributed by atoms with Crippen molar-refractivity contribution in [3.05, 3.63) is 54.5 Å². The Hall–Kier alpha value is -3.22. The van der Waals surface area contributed by atoms with Crippen LogP contribution in [0, 0.1) is 0 Å². The van der Waals surface area contributed by atoms with E-state index in [4.69, 9.17) is 4.74 Å². The molecule has 0 fully saturated rings. The number of H-pyrrole nitrogens is 1. The average molecular weight is 312 g/mol. The summed E-state index contributed by atoms with van der Waals surface area (Å²) in [5.41, 5.74) is 6.04. The molecule has 3 aromatic rings. The summed E-state index contributed by atoms with van der Waals surface area (Å²) in [6, 6.07) is 10.9. The van der Waals surface area contributed by atoms with E-state index >= 15 is 0 Å². The van der Waals surface area contributed by atoms with Crippen LogP contribution < -0.4 is 15.6 Å². The lowest BCUT2D eigenvalue weighted by molar-refractivity contribution is -0.122. The first-order valence-electron chi connectivity index (χ1n) is 7.03. The first-order valence-corrected chi connectivity index (χ1v) is 7.03. The number of methoxy groups -OCH3 is 1. The quantitative estimate of drug-likeness (QED) is 0.637. The molecule has 1 aromatic carbocycles. The van der Waals surface area contributed by atoms with Crippen LogP contribution in [0.2, 0.25) is 0 Å². The molecule has 0 spiro atoms. The molecule has 0 bridgehead atoms. The molecule has 0 saturated carbocycles. The Balaban J connectivity index is 1.63. The van der Waals surface area contributed by atoms with Crippen LogP contribution in [0.4, 0.5) is 0 Å². The van der Waals surface area contributed by atoms with Crippen LogP contribution in [-0.4, -0.2) is 28.5 Å². The summed E-state index contributed by atoms with van der Waals surface area (Å²) >= 11 is 0. The van der Waals surface area contributed by atoms with E-state index < -0.39 is 5.91 Å². The highest BCUT2D eigenvalue weighted by Gasteiger charge is 2.09. The second-order valence-electron chi connectivity index (χ2n) is 4.95. The molecular weight excluding hydrogens is 296 g/mol. The van der Waals surface area contributed by atoms with Crippen LogP contribution in [0.25, 0.3) is 10.9 Å². The molecule has 0 saturated heterocycles. The van der Waals surface area contributed by atoms with E-state index in [-0.39, 0.29) is 12.5 Å². The standard InChI is InChI=1S/C16H16N4O3/c1-23-12-4-5-14-11(9-12)6-8-20(14)10-15(21)18-19-16(22)13-3-2-7-17-13/h2-9,17H,10H2,1H3,(H,18,21)(H,19,22). The highest BCUT2D eigenvalue weighted by Crippen LogP contribution is 2.21. The van der Waals surface area contributed by atoms with Gasteiger partial charge in [-0.15, -0.1) is 0 Å². The summed E-state index contributed by atoms with van der Waals surface area (Å²) in [5.74, 6) is 0.0431. The van der Waals surface area contributed by atoms with Gasteiger partial charge in [-0.05, 0) is 36.4 Å². The summed E-state index contributed by atoms with van der Waals surface area (Å²) in [6.45, 7) is 0.0981. The van der Waals surface area contributed by atoms with Crippen molar-refractivity contribution < 1.29 is 14.3 Å². The maximum Gasteiger partial charge on any atom is 0.286 e. The number of carbonyl (C=O) groups excluding carboxylic acids is 2. The van der Waals surface area contributed by atoms with E-state index in [1.165, 1.54) is 0 Å². The number of amides is 2. The zero-order chi connectivity index (χ0) is 16.2. The van der Waals surface area contributed by atoms with Gasteiger partial charge < -0.3 is 14.3 Å². The van der Waals surface area contributed by atoms with Gasteiger partial charge in [0.1, 0.15) is 18.0 Å². The molecular formula is C16H16N4O3. The topological polar surface area (TPSA) is 88.2 Å². The lowest BCUT2D eigenvalue weighted by Gasteiger charge is -2.08. The molecule has 3 rings (SSSR count). The van der Waals surface area contributed by atoms with Crippen molar-refractivity contribution in [2.45, 2.75) is 6.54 Å². The Morgan fingerprint density at radius 2 is 2.09 bits per heavy atom. The number of hydrogen-bond donors (Lipinski definition) is 3. The van der Waals surface area contributed by atoms with Gasteiger partial charge in [0.2, 0.25) is 0 Å². The molecule has 0 unspecified atom stereocenters. The number of aromatic amines is 1. The van der Waals surface area contributed by atoms with Crippen molar-refractivity contribution in [1.82, 2.24) is 20.4 Å². The van der Waals surface area contributed by atoms with Gasteiger partial charge in [0.05, 0.1) is 7.11 Å². The Bertz CT molecular complexity index is 836. The van der Waals surface area contributed by atoms with E-state index in [9.17, 15) is 9.59 Å². The minimum Gasteiger partial charge on any atom is -0.497 e. The van der Waals surface area contributed by atoms with E-state index in [0.29, 0.717) is 5.69 Å². The number of nitrogens with one attached hydrogen (secondary N) is 3. The third-order valence-corrected chi connectivity index (χ3v) is 3.45. The lowest BCUT2D eigenvalue weighted by atomic mass is 10.2. The number of ether oxygens (including phenoxy) is 1. The number of hydrogen-bond acceptors (Lipinski definition) is 3. The van der Waals surface area contributed by atoms with E-state index in [0.717, 1.165) is 16.7 Å². The zero-order valence-electron chi connectivity index (χ0n) is 12.5. The SMILES string of the molecule is COc1ccc2c(ccn2CC(=O)NNC(=O)c2ccc[nH]2)c1. The summed E-state index contributed by atoms with van der Waals surface area (Å²) in [7, 11) is 1.61. The number of rotatable bonds is 4. The minimum atomic E-state index is -0.398. The maximum absolute atomic E-state index is 12.0.